The average molecular weight is 461 g/mol. The largest absolute Gasteiger partial charge is 0.480 e. The summed E-state index contributed by atoms with van der Waals surface area (Å²) in [6.07, 6.45) is 7.28. The topological polar surface area (TPSA) is 83.8 Å². The predicted molar refractivity (Wildman–Crippen MR) is 132 cm³/mol. The normalized spacial score (nSPS) is 24.7. The van der Waals surface area contributed by atoms with Gasteiger partial charge in [0.2, 0.25) is 5.60 Å². The number of rotatable bonds is 6. The maximum absolute atomic E-state index is 12.6. The molecule has 2 aromatic rings. The number of allylic oxidation sites excluding steroid dienone is 2. The Hall–Kier alpha value is -3.18. The highest BCUT2D eigenvalue weighted by molar-refractivity contribution is 5.99. The summed E-state index contributed by atoms with van der Waals surface area (Å²) in [5.41, 5.74) is 2.78. The van der Waals surface area contributed by atoms with Crippen LogP contribution in [0.2, 0.25) is 0 Å². The minimum absolute atomic E-state index is 0.0283. The van der Waals surface area contributed by atoms with E-state index in [0.29, 0.717) is 5.57 Å². The lowest BCUT2D eigenvalue weighted by molar-refractivity contribution is -0.159. The smallest absolute Gasteiger partial charge is 0.344 e. The maximum atomic E-state index is 12.6. The molecule has 2 atom stereocenters. The Bertz CT molecular complexity index is 1170. The molecular weight excluding hydrogens is 428 g/mol. The van der Waals surface area contributed by atoms with Gasteiger partial charge in [0, 0.05) is 11.5 Å². The van der Waals surface area contributed by atoms with Crippen molar-refractivity contribution < 1.29 is 24.5 Å². The first-order chi connectivity index (χ1) is 16.0. The van der Waals surface area contributed by atoms with Crippen molar-refractivity contribution >= 4 is 17.5 Å². The molecule has 0 bridgehead atoms. The summed E-state index contributed by atoms with van der Waals surface area (Å²) >= 11 is 0. The van der Waals surface area contributed by atoms with Crippen LogP contribution in [-0.4, -0.2) is 34.4 Å². The van der Waals surface area contributed by atoms with E-state index in [1.54, 1.807) is 6.08 Å². The molecule has 0 saturated carbocycles. The van der Waals surface area contributed by atoms with Gasteiger partial charge in [0.05, 0.1) is 0 Å². The second-order valence-electron chi connectivity index (χ2n) is 10.6. The van der Waals surface area contributed by atoms with Gasteiger partial charge in [0.15, 0.2) is 0 Å². The molecule has 0 fully saturated rings. The summed E-state index contributed by atoms with van der Waals surface area (Å²) in [5.74, 6) is -2.61. The van der Waals surface area contributed by atoms with E-state index < -0.39 is 24.1 Å². The van der Waals surface area contributed by atoms with E-state index in [4.69, 9.17) is 4.74 Å². The van der Waals surface area contributed by atoms with Crippen LogP contribution < -0.4 is 0 Å². The van der Waals surface area contributed by atoms with Crippen LogP contribution >= 0.6 is 0 Å². The van der Waals surface area contributed by atoms with Crippen molar-refractivity contribution in [3.8, 4) is 0 Å². The van der Waals surface area contributed by atoms with Crippen molar-refractivity contribution in [2.45, 2.75) is 62.9 Å². The molecule has 5 nitrogen and oxygen atoms in total. The molecule has 2 aliphatic carbocycles. The number of aliphatic carboxylic acids is 2. The van der Waals surface area contributed by atoms with Crippen molar-refractivity contribution in [1.82, 2.24) is 0 Å². The molecule has 34 heavy (non-hydrogen) atoms. The minimum atomic E-state index is -1.88. The highest BCUT2D eigenvalue weighted by atomic mass is 16.5. The fourth-order valence-electron chi connectivity index (χ4n) is 5.19. The van der Waals surface area contributed by atoms with E-state index in [1.165, 1.54) is 17.2 Å². The molecule has 0 amide bonds. The zero-order chi connectivity index (χ0) is 24.7. The number of benzene rings is 2. The van der Waals surface area contributed by atoms with Gasteiger partial charge in [-0.2, -0.15) is 0 Å². The minimum Gasteiger partial charge on any atom is -0.480 e. The maximum Gasteiger partial charge on any atom is 0.344 e. The van der Waals surface area contributed by atoms with E-state index in [9.17, 15) is 19.8 Å². The lowest BCUT2D eigenvalue weighted by Crippen LogP contribution is -2.44. The van der Waals surface area contributed by atoms with Gasteiger partial charge in [0.25, 0.3) is 0 Å². The molecule has 2 aromatic carbocycles. The van der Waals surface area contributed by atoms with Crippen molar-refractivity contribution in [3.63, 3.8) is 0 Å². The molecule has 2 aliphatic rings. The monoisotopic (exact) mass is 460 g/mol. The molecular formula is C29H32O5. The molecule has 2 N–H and O–H groups in total. The third-order valence-electron chi connectivity index (χ3n) is 7.37. The highest BCUT2D eigenvalue weighted by Crippen LogP contribution is 2.48. The van der Waals surface area contributed by atoms with Crippen molar-refractivity contribution in [2.24, 2.45) is 0 Å². The number of carboxylic acid groups (broad SMARTS) is 2. The first-order valence-corrected chi connectivity index (χ1v) is 11.7. The molecule has 2 unspecified atom stereocenters. The zero-order valence-corrected chi connectivity index (χ0v) is 20.2. The fraction of sp³-hybridized carbons (Fsp3) is 0.379. The van der Waals surface area contributed by atoms with E-state index >= 15 is 0 Å². The highest BCUT2D eigenvalue weighted by Gasteiger charge is 2.46. The van der Waals surface area contributed by atoms with Crippen LogP contribution in [0.1, 0.15) is 68.7 Å². The lowest BCUT2D eigenvalue weighted by Gasteiger charge is -2.42. The van der Waals surface area contributed by atoms with E-state index in [0.717, 1.165) is 24.0 Å². The number of carboxylic acids is 2. The van der Waals surface area contributed by atoms with Gasteiger partial charge in [0.1, 0.15) is 6.61 Å². The zero-order valence-electron chi connectivity index (χ0n) is 20.2. The van der Waals surface area contributed by atoms with Gasteiger partial charge in [-0.25, -0.2) is 9.59 Å². The van der Waals surface area contributed by atoms with Crippen molar-refractivity contribution in [1.29, 1.82) is 0 Å². The Morgan fingerprint density at radius 3 is 2.21 bits per heavy atom. The number of ether oxygens (including phenoxy) is 1. The SMILES string of the molecule is CC1(C)CCC(C)(C)c2cc(C3=CC(c4ccccc4)C=CC3(OCC(=O)O)C(=O)O)ccc21. The number of fused-ring (bicyclic) bond motifs is 1. The summed E-state index contributed by atoms with van der Waals surface area (Å²) in [6, 6.07) is 16.0. The Kier molecular flexibility index (Phi) is 6.03. The number of hydrogen-bond donors (Lipinski definition) is 2. The molecule has 5 heteroatoms. The van der Waals surface area contributed by atoms with Gasteiger partial charge in [-0.1, -0.05) is 88.4 Å². The van der Waals surface area contributed by atoms with Crippen LogP contribution in [0, 0.1) is 0 Å². The van der Waals surface area contributed by atoms with Gasteiger partial charge >= 0.3 is 11.9 Å². The first kappa shape index (κ1) is 24.0. The van der Waals surface area contributed by atoms with Gasteiger partial charge in [-0.05, 0) is 52.0 Å². The summed E-state index contributed by atoms with van der Waals surface area (Å²) in [6.45, 7) is 8.21. The Morgan fingerprint density at radius 2 is 1.59 bits per heavy atom. The average Bonchev–Trinajstić information content (AvgIpc) is 2.81. The molecule has 0 radical (unpaired) electrons. The summed E-state index contributed by atoms with van der Waals surface area (Å²) in [5, 5.41) is 19.6. The Labute approximate surface area is 200 Å². The van der Waals surface area contributed by atoms with Crippen molar-refractivity contribution in [2.75, 3.05) is 6.61 Å². The van der Waals surface area contributed by atoms with Crippen LogP contribution in [0.5, 0.6) is 0 Å². The second-order valence-corrected chi connectivity index (χ2v) is 10.6. The first-order valence-electron chi connectivity index (χ1n) is 11.7. The van der Waals surface area contributed by atoms with Crippen molar-refractivity contribution in [3.05, 3.63) is 89.0 Å². The third kappa shape index (κ3) is 4.21. The molecule has 0 saturated heterocycles. The summed E-state index contributed by atoms with van der Waals surface area (Å²) in [7, 11) is 0. The van der Waals surface area contributed by atoms with Crippen LogP contribution in [0.25, 0.3) is 5.57 Å². The molecule has 0 spiro atoms. The quantitative estimate of drug-likeness (QED) is 0.541. The van der Waals surface area contributed by atoms with Crippen LogP contribution in [0.15, 0.2) is 66.8 Å². The second kappa shape index (κ2) is 8.55. The van der Waals surface area contributed by atoms with E-state index in [-0.39, 0.29) is 16.7 Å². The van der Waals surface area contributed by atoms with Gasteiger partial charge in [-0.15, -0.1) is 0 Å². The molecule has 0 aliphatic heterocycles. The molecule has 0 heterocycles. The summed E-state index contributed by atoms with van der Waals surface area (Å²) in [4.78, 5) is 23.9. The van der Waals surface area contributed by atoms with Crippen LogP contribution in [0.4, 0.5) is 0 Å². The number of carbonyl (C=O) groups is 2. The molecule has 0 aromatic heterocycles. The van der Waals surface area contributed by atoms with Crippen LogP contribution in [0.3, 0.4) is 0 Å². The third-order valence-corrected chi connectivity index (χ3v) is 7.37. The molecule has 4 rings (SSSR count). The Morgan fingerprint density at radius 1 is 0.941 bits per heavy atom. The van der Waals surface area contributed by atoms with E-state index in [2.05, 4.69) is 39.8 Å². The number of hydrogen-bond acceptors (Lipinski definition) is 3. The Balaban J connectivity index is 1.90. The van der Waals surface area contributed by atoms with Gasteiger partial charge in [-0.3, -0.25) is 0 Å². The fourth-order valence-corrected chi connectivity index (χ4v) is 5.19. The van der Waals surface area contributed by atoms with Crippen LogP contribution in [-0.2, 0) is 25.2 Å². The standard InChI is InChI=1S/C29H32O5/c1-27(2)14-15-28(3,4)24-17-21(10-11-22(24)27)23-16-20(19-8-6-5-7-9-19)12-13-29(23,26(32)33)34-18-25(30)31/h5-13,16-17,20H,14-15,18H2,1-4H3,(H,30,31)(H,32,33). The molecule has 178 valence electrons. The lowest BCUT2D eigenvalue weighted by atomic mass is 9.62. The summed E-state index contributed by atoms with van der Waals surface area (Å²) < 4.78 is 5.63. The predicted octanol–water partition coefficient (Wildman–Crippen LogP) is 5.70. The van der Waals surface area contributed by atoms with E-state index in [1.807, 2.05) is 42.5 Å². The van der Waals surface area contributed by atoms with Gasteiger partial charge < -0.3 is 14.9 Å².